The minimum atomic E-state index is -0.575. The van der Waals surface area contributed by atoms with Gasteiger partial charge in [-0.3, -0.25) is 0 Å². The van der Waals surface area contributed by atoms with Crippen molar-refractivity contribution in [2.75, 3.05) is 0 Å². The Morgan fingerprint density at radius 1 is 1.33 bits per heavy atom. The van der Waals surface area contributed by atoms with Gasteiger partial charge in [-0.25, -0.2) is 4.79 Å². The second kappa shape index (κ2) is 3.70. The predicted molar refractivity (Wildman–Crippen MR) is 71.3 cm³/mol. The van der Waals surface area contributed by atoms with Crippen molar-refractivity contribution in [3.63, 3.8) is 0 Å². The number of ether oxygens (including phenoxy) is 1. The van der Waals surface area contributed by atoms with Crippen molar-refractivity contribution < 1.29 is 9.53 Å². The van der Waals surface area contributed by atoms with Crippen LogP contribution >= 0.6 is 0 Å². The normalized spacial score (nSPS) is 20.9. The van der Waals surface area contributed by atoms with E-state index in [4.69, 9.17) is 4.74 Å². The highest BCUT2D eigenvalue weighted by atomic mass is 16.6. The molecule has 0 aromatic heterocycles. The standard InChI is InChI=1S/C16H14O2/c1-3-14(17)18-16(2)10-12-8-4-6-11-7-5-9-13(16)15(11)12/h3-9H,1,10H2,2H3. The Hall–Kier alpha value is -2.09. The number of hydrogen-bond acceptors (Lipinski definition) is 2. The van der Waals surface area contributed by atoms with Crippen LogP contribution in [0.25, 0.3) is 10.8 Å². The Morgan fingerprint density at radius 2 is 2.06 bits per heavy atom. The van der Waals surface area contributed by atoms with Crippen molar-refractivity contribution in [3.8, 4) is 0 Å². The maximum absolute atomic E-state index is 11.5. The average molecular weight is 238 g/mol. The summed E-state index contributed by atoms with van der Waals surface area (Å²) in [4.78, 5) is 11.5. The topological polar surface area (TPSA) is 26.3 Å². The molecule has 2 nitrogen and oxygen atoms in total. The molecular formula is C16H14O2. The molecule has 0 amide bonds. The molecule has 3 rings (SSSR count). The summed E-state index contributed by atoms with van der Waals surface area (Å²) >= 11 is 0. The van der Waals surface area contributed by atoms with Crippen LogP contribution in [-0.2, 0) is 21.6 Å². The summed E-state index contributed by atoms with van der Waals surface area (Å²) in [6, 6.07) is 12.4. The van der Waals surface area contributed by atoms with Crippen LogP contribution in [0.2, 0.25) is 0 Å². The van der Waals surface area contributed by atoms with Crippen molar-refractivity contribution >= 4 is 16.7 Å². The van der Waals surface area contributed by atoms with Crippen LogP contribution in [0.1, 0.15) is 18.1 Å². The van der Waals surface area contributed by atoms with Crippen LogP contribution in [0, 0.1) is 0 Å². The minimum absolute atomic E-state index is 0.373. The molecule has 1 unspecified atom stereocenters. The fraction of sp³-hybridized carbons (Fsp3) is 0.188. The van der Waals surface area contributed by atoms with Crippen molar-refractivity contribution in [2.45, 2.75) is 18.9 Å². The average Bonchev–Trinajstić information content (AvgIpc) is 2.65. The largest absolute Gasteiger partial charge is 0.451 e. The fourth-order valence-electron chi connectivity index (χ4n) is 2.82. The zero-order chi connectivity index (χ0) is 12.8. The molecule has 90 valence electrons. The number of esters is 1. The van der Waals surface area contributed by atoms with E-state index in [-0.39, 0.29) is 5.97 Å². The van der Waals surface area contributed by atoms with E-state index < -0.39 is 5.60 Å². The van der Waals surface area contributed by atoms with Gasteiger partial charge in [0.25, 0.3) is 0 Å². The lowest BCUT2D eigenvalue weighted by Gasteiger charge is -2.25. The van der Waals surface area contributed by atoms with Crippen molar-refractivity contribution in [3.05, 3.63) is 60.2 Å². The first kappa shape index (κ1) is 11.0. The maximum atomic E-state index is 11.5. The number of carbonyl (C=O) groups is 1. The van der Waals surface area contributed by atoms with Gasteiger partial charge in [-0.15, -0.1) is 0 Å². The molecule has 2 aromatic rings. The Morgan fingerprint density at radius 3 is 2.78 bits per heavy atom. The summed E-state index contributed by atoms with van der Waals surface area (Å²) in [6.45, 7) is 5.42. The molecule has 0 bridgehead atoms. The third-order valence-corrected chi connectivity index (χ3v) is 3.58. The van der Waals surface area contributed by atoms with Gasteiger partial charge < -0.3 is 4.74 Å². The van der Waals surface area contributed by atoms with E-state index in [1.54, 1.807) is 0 Å². The molecule has 0 heterocycles. The van der Waals surface area contributed by atoms with E-state index in [0.29, 0.717) is 0 Å². The lowest BCUT2D eigenvalue weighted by atomic mass is 9.97. The smallest absolute Gasteiger partial charge is 0.331 e. The molecule has 18 heavy (non-hydrogen) atoms. The molecule has 1 atom stereocenters. The van der Waals surface area contributed by atoms with Crippen LogP contribution in [0.3, 0.4) is 0 Å². The summed E-state index contributed by atoms with van der Waals surface area (Å²) in [5.41, 5.74) is 1.75. The minimum Gasteiger partial charge on any atom is -0.451 e. The Labute approximate surface area is 106 Å². The number of hydrogen-bond donors (Lipinski definition) is 0. The Bertz CT molecular complexity index is 652. The lowest BCUT2D eigenvalue weighted by molar-refractivity contribution is -0.152. The van der Waals surface area contributed by atoms with E-state index in [9.17, 15) is 4.79 Å². The quantitative estimate of drug-likeness (QED) is 0.592. The summed E-state index contributed by atoms with van der Waals surface area (Å²) in [6.07, 6.45) is 1.94. The SMILES string of the molecule is C=CC(=O)OC1(C)Cc2cccc3cccc1c23. The van der Waals surface area contributed by atoms with Gasteiger partial charge in [0.05, 0.1) is 0 Å². The van der Waals surface area contributed by atoms with Gasteiger partial charge in [-0.05, 0) is 23.3 Å². The van der Waals surface area contributed by atoms with Gasteiger partial charge >= 0.3 is 5.97 Å². The van der Waals surface area contributed by atoms with Crippen LogP contribution < -0.4 is 0 Å². The van der Waals surface area contributed by atoms with Gasteiger partial charge in [0, 0.05) is 18.1 Å². The zero-order valence-corrected chi connectivity index (χ0v) is 10.3. The number of carbonyl (C=O) groups excluding carboxylic acids is 1. The maximum Gasteiger partial charge on any atom is 0.331 e. The molecule has 1 aliphatic carbocycles. The second-order valence-electron chi connectivity index (χ2n) is 4.85. The molecule has 0 N–H and O–H groups in total. The first-order chi connectivity index (χ1) is 8.64. The van der Waals surface area contributed by atoms with Gasteiger partial charge in [0.15, 0.2) is 0 Å². The Balaban J connectivity index is 2.18. The van der Waals surface area contributed by atoms with Crippen LogP contribution in [-0.4, -0.2) is 5.97 Å². The molecule has 0 saturated heterocycles. The summed E-state index contributed by atoms with van der Waals surface area (Å²) in [5.74, 6) is -0.373. The van der Waals surface area contributed by atoms with E-state index in [1.807, 2.05) is 25.1 Å². The highest BCUT2D eigenvalue weighted by molar-refractivity contribution is 5.92. The van der Waals surface area contributed by atoms with E-state index in [2.05, 4.69) is 24.8 Å². The third kappa shape index (κ3) is 1.46. The second-order valence-corrected chi connectivity index (χ2v) is 4.85. The van der Waals surface area contributed by atoms with Crippen LogP contribution in [0.5, 0.6) is 0 Å². The molecule has 0 fully saturated rings. The first-order valence-corrected chi connectivity index (χ1v) is 6.00. The predicted octanol–water partition coefficient (Wildman–Crippen LogP) is 3.34. The summed E-state index contributed by atoms with van der Waals surface area (Å²) < 4.78 is 5.56. The third-order valence-electron chi connectivity index (χ3n) is 3.58. The lowest BCUT2D eigenvalue weighted by Crippen LogP contribution is -2.27. The monoisotopic (exact) mass is 238 g/mol. The van der Waals surface area contributed by atoms with Gasteiger partial charge in [0.1, 0.15) is 5.60 Å². The first-order valence-electron chi connectivity index (χ1n) is 6.00. The van der Waals surface area contributed by atoms with Gasteiger partial charge in [-0.2, -0.15) is 0 Å². The molecule has 0 aliphatic heterocycles. The zero-order valence-electron chi connectivity index (χ0n) is 10.3. The molecule has 0 radical (unpaired) electrons. The summed E-state index contributed by atoms with van der Waals surface area (Å²) in [7, 11) is 0. The van der Waals surface area contributed by atoms with Crippen LogP contribution in [0.15, 0.2) is 49.1 Å². The fourth-order valence-corrected chi connectivity index (χ4v) is 2.82. The molecule has 2 aromatic carbocycles. The molecular weight excluding hydrogens is 224 g/mol. The van der Waals surface area contributed by atoms with Crippen molar-refractivity contribution in [1.29, 1.82) is 0 Å². The van der Waals surface area contributed by atoms with E-state index in [0.717, 1.165) is 12.0 Å². The Kier molecular flexibility index (Phi) is 2.27. The molecule has 2 heteroatoms. The molecule has 0 spiro atoms. The number of benzene rings is 2. The van der Waals surface area contributed by atoms with Gasteiger partial charge in [-0.1, -0.05) is 43.0 Å². The van der Waals surface area contributed by atoms with E-state index in [1.165, 1.54) is 22.4 Å². The summed E-state index contributed by atoms with van der Waals surface area (Å²) in [5, 5.41) is 2.42. The highest BCUT2D eigenvalue weighted by Gasteiger charge is 2.38. The van der Waals surface area contributed by atoms with E-state index >= 15 is 0 Å². The molecule has 1 aliphatic rings. The molecule has 0 saturated carbocycles. The van der Waals surface area contributed by atoms with Crippen LogP contribution in [0.4, 0.5) is 0 Å². The van der Waals surface area contributed by atoms with Crippen molar-refractivity contribution in [1.82, 2.24) is 0 Å². The van der Waals surface area contributed by atoms with Gasteiger partial charge in [0.2, 0.25) is 0 Å². The van der Waals surface area contributed by atoms with Crippen molar-refractivity contribution in [2.24, 2.45) is 0 Å². The number of rotatable bonds is 2. The highest BCUT2D eigenvalue weighted by Crippen LogP contribution is 2.43.